The smallest absolute Gasteiger partial charge is 0.326 e. The molecule has 0 spiro atoms. The summed E-state index contributed by atoms with van der Waals surface area (Å²) in [7, 11) is 2.67. The number of nitro groups is 1. The largest absolute Gasteiger partial charge is 0.504 e. The zero-order valence-corrected chi connectivity index (χ0v) is 26.4. The minimum atomic E-state index is -0.843. The summed E-state index contributed by atoms with van der Waals surface area (Å²) in [6.07, 6.45) is 0. The second kappa shape index (κ2) is 14.3. The van der Waals surface area contributed by atoms with E-state index in [4.69, 9.17) is 18.5 Å². The van der Waals surface area contributed by atoms with Gasteiger partial charge in [0.1, 0.15) is 5.56 Å². The molecule has 4 aromatic carbocycles. The zero-order chi connectivity index (χ0) is 35.2. The molecule has 49 heavy (non-hydrogen) atoms. The third-order valence-electron chi connectivity index (χ3n) is 7.04. The predicted molar refractivity (Wildman–Crippen MR) is 172 cm³/mol. The highest BCUT2D eigenvalue weighted by molar-refractivity contribution is 6.16. The number of benzene rings is 4. The third kappa shape index (κ3) is 6.95. The van der Waals surface area contributed by atoms with Gasteiger partial charge in [0.25, 0.3) is 0 Å². The van der Waals surface area contributed by atoms with Gasteiger partial charge in [0, 0.05) is 41.7 Å². The molecule has 2 N–H and O–H groups in total. The van der Waals surface area contributed by atoms with Gasteiger partial charge in [-0.2, -0.15) is 9.97 Å². The second-order valence-electron chi connectivity index (χ2n) is 10.2. The maximum atomic E-state index is 13.0. The van der Waals surface area contributed by atoms with Crippen LogP contribution in [0, 0.1) is 24.0 Å². The van der Waals surface area contributed by atoms with Crippen molar-refractivity contribution in [2.24, 2.45) is 0 Å². The molecule has 2 heterocycles. The summed E-state index contributed by atoms with van der Waals surface area (Å²) in [5.74, 6) is -0.905. The van der Waals surface area contributed by atoms with Gasteiger partial charge in [-0.05, 0) is 18.2 Å². The first-order chi connectivity index (χ1) is 23.5. The van der Waals surface area contributed by atoms with Crippen molar-refractivity contribution in [3.8, 4) is 45.8 Å². The fourth-order valence-corrected chi connectivity index (χ4v) is 4.77. The molecule has 15 heteroatoms. The van der Waals surface area contributed by atoms with Crippen LogP contribution in [0.3, 0.4) is 0 Å². The first-order valence-corrected chi connectivity index (χ1v) is 14.3. The van der Waals surface area contributed by atoms with Gasteiger partial charge in [0.2, 0.25) is 35.0 Å². The Morgan fingerprint density at radius 3 is 1.69 bits per heavy atom. The van der Waals surface area contributed by atoms with Gasteiger partial charge in [-0.25, -0.2) is 0 Å². The van der Waals surface area contributed by atoms with Gasteiger partial charge in [-0.3, -0.25) is 19.7 Å². The van der Waals surface area contributed by atoms with Crippen molar-refractivity contribution >= 4 is 17.3 Å². The first kappa shape index (κ1) is 33.5. The summed E-state index contributed by atoms with van der Waals surface area (Å²) in [5.41, 5.74) is 0.314. The minimum Gasteiger partial charge on any atom is -0.504 e. The maximum Gasteiger partial charge on any atom is 0.326 e. The number of aromatic nitrogens is 4. The first-order valence-electron chi connectivity index (χ1n) is 14.3. The quantitative estimate of drug-likeness (QED) is 0.105. The lowest BCUT2D eigenvalue weighted by molar-refractivity contribution is -0.386. The van der Waals surface area contributed by atoms with Crippen molar-refractivity contribution in [1.29, 1.82) is 0 Å². The summed E-state index contributed by atoms with van der Waals surface area (Å²) < 4.78 is 20.0. The fraction of sp³-hybridized carbons (Fsp3) is 0.118. The van der Waals surface area contributed by atoms with Crippen molar-refractivity contribution in [2.75, 3.05) is 14.2 Å². The maximum absolute atomic E-state index is 13.0. The molecule has 15 nitrogen and oxygen atoms in total. The number of carbonyl (C=O) groups is 2. The number of phenolic OH excluding ortho intramolecular Hbond substituents is 2. The normalized spacial score (nSPS) is 10.5. The summed E-state index contributed by atoms with van der Waals surface area (Å²) in [5, 5.41) is 39.4. The molecule has 0 aliphatic heterocycles. The van der Waals surface area contributed by atoms with Gasteiger partial charge in [0.15, 0.2) is 23.0 Å². The van der Waals surface area contributed by atoms with Crippen LogP contribution >= 0.6 is 0 Å². The number of aromatic hydroxyl groups is 2. The second-order valence-corrected chi connectivity index (χ2v) is 10.2. The van der Waals surface area contributed by atoms with E-state index in [2.05, 4.69) is 20.3 Å². The lowest BCUT2D eigenvalue weighted by atomic mass is 9.95. The molecule has 248 valence electrons. The van der Waals surface area contributed by atoms with E-state index in [1.165, 1.54) is 44.6 Å². The Labute approximate surface area is 277 Å². The summed E-state index contributed by atoms with van der Waals surface area (Å²) in [6, 6.07) is 20.9. The number of methoxy groups -OCH3 is 2. The van der Waals surface area contributed by atoms with Crippen LogP contribution in [0.25, 0.3) is 22.8 Å². The number of ether oxygens (including phenoxy) is 2. The van der Waals surface area contributed by atoms with Crippen molar-refractivity contribution in [1.82, 2.24) is 20.3 Å². The predicted octanol–water partition coefficient (Wildman–Crippen LogP) is 5.89. The number of aryl methyl sites for hydroxylation is 2. The van der Waals surface area contributed by atoms with Gasteiger partial charge in [0.05, 0.1) is 19.1 Å². The SMILES string of the molecule is COc1cc(-c2noc(C)n2)c(C(=O)c2ccccc2)c([N+](=O)[O-])c1O.COc1cc(-c2noc(C)n2)c(C(=O)c2ccccc2)cc1O. The van der Waals surface area contributed by atoms with Gasteiger partial charge < -0.3 is 28.7 Å². The number of rotatable bonds is 9. The molecule has 0 aliphatic rings. The Balaban J connectivity index is 0.000000192. The van der Waals surface area contributed by atoms with Crippen LogP contribution in [0.15, 0.2) is 87.9 Å². The molecule has 0 radical (unpaired) electrons. The van der Waals surface area contributed by atoms with E-state index in [0.29, 0.717) is 17.0 Å². The van der Waals surface area contributed by atoms with Crippen molar-refractivity contribution in [3.63, 3.8) is 0 Å². The van der Waals surface area contributed by atoms with Crippen LogP contribution in [0.1, 0.15) is 43.6 Å². The zero-order valence-electron chi connectivity index (χ0n) is 26.4. The monoisotopic (exact) mass is 665 g/mol. The summed E-state index contributed by atoms with van der Waals surface area (Å²) in [4.78, 5) is 44.7. The Morgan fingerprint density at radius 1 is 0.735 bits per heavy atom. The van der Waals surface area contributed by atoms with Crippen LogP contribution < -0.4 is 9.47 Å². The number of phenols is 2. The molecule has 0 unspecified atom stereocenters. The molecule has 0 atom stereocenters. The molecule has 0 fully saturated rings. The van der Waals surface area contributed by atoms with Crippen LogP contribution in [0.2, 0.25) is 0 Å². The van der Waals surface area contributed by atoms with E-state index in [0.717, 1.165) is 0 Å². The lowest BCUT2D eigenvalue weighted by Gasteiger charge is -2.11. The molecule has 0 saturated carbocycles. The molecule has 6 aromatic rings. The molecular formula is C34H27N5O10. The Kier molecular flexibility index (Phi) is 9.73. The number of hydrogen-bond donors (Lipinski definition) is 2. The molecular weight excluding hydrogens is 638 g/mol. The number of nitro benzene ring substituents is 1. The van der Waals surface area contributed by atoms with Crippen molar-refractivity contribution in [3.05, 3.63) is 123 Å². The number of carbonyl (C=O) groups excluding carboxylic acids is 2. The summed E-state index contributed by atoms with van der Waals surface area (Å²) >= 11 is 0. The van der Waals surface area contributed by atoms with Crippen molar-refractivity contribution in [2.45, 2.75) is 13.8 Å². The van der Waals surface area contributed by atoms with Crippen molar-refractivity contribution < 1.29 is 43.2 Å². The van der Waals surface area contributed by atoms with E-state index in [-0.39, 0.29) is 62.8 Å². The van der Waals surface area contributed by atoms with E-state index >= 15 is 0 Å². The minimum absolute atomic E-state index is 0.0248. The highest BCUT2D eigenvalue weighted by Gasteiger charge is 2.34. The van der Waals surface area contributed by atoms with E-state index in [1.54, 1.807) is 56.3 Å². The highest BCUT2D eigenvalue weighted by atomic mass is 16.6. The number of ketones is 2. The average Bonchev–Trinajstić information content (AvgIpc) is 3.75. The van der Waals surface area contributed by atoms with Crippen LogP contribution in [0.5, 0.6) is 23.0 Å². The van der Waals surface area contributed by atoms with Gasteiger partial charge in [-0.1, -0.05) is 71.0 Å². The molecule has 0 saturated heterocycles. The molecule has 6 rings (SSSR count). The Bertz CT molecular complexity index is 2160. The number of hydrogen-bond acceptors (Lipinski definition) is 14. The van der Waals surface area contributed by atoms with E-state index < -0.39 is 22.1 Å². The van der Waals surface area contributed by atoms with Crippen LogP contribution in [0.4, 0.5) is 5.69 Å². The standard InChI is InChI=1S/C17H13N3O6.C17H14N2O4/c1-9-18-17(19-26-9)11-8-12(25-2)16(22)14(20(23)24)13(11)15(21)10-6-4-3-5-7-10;1-10-18-17(19-23-10)13-9-15(22-2)14(20)8-12(13)16(21)11-6-4-3-5-7-11/h3-8,22H,1-2H3;3-9,20H,1-2H3. The Hall–Kier alpha value is -6.90. The highest BCUT2D eigenvalue weighted by Crippen LogP contribution is 2.44. The third-order valence-corrected chi connectivity index (χ3v) is 7.04. The number of nitrogens with zero attached hydrogens (tertiary/aromatic N) is 5. The van der Waals surface area contributed by atoms with E-state index in [1.807, 2.05) is 6.07 Å². The average molecular weight is 666 g/mol. The molecule has 0 bridgehead atoms. The van der Waals surface area contributed by atoms with E-state index in [9.17, 15) is 29.9 Å². The van der Waals surface area contributed by atoms with Crippen LogP contribution in [-0.2, 0) is 0 Å². The molecule has 2 aromatic heterocycles. The van der Waals surface area contributed by atoms with Gasteiger partial charge in [-0.15, -0.1) is 0 Å². The summed E-state index contributed by atoms with van der Waals surface area (Å²) in [6.45, 7) is 3.20. The Morgan fingerprint density at radius 2 is 1.22 bits per heavy atom. The fourth-order valence-electron chi connectivity index (χ4n) is 4.77. The lowest BCUT2D eigenvalue weighted by Crippen LogP contribution is -2.09. The molecule has 0 amide bonds. The molecule has 0 aliphatic carbocycles. The van der Waals surface area contributed by atoms with Gasteiger partial charge >= 0.3 is 5.69 Å². The van der Waals surface area contributed by atoms with Crippen LogP contribution in [-0.4, -0.2) is 61.2 Å². The topological polar surface area (TPSA) is 214 Å².